The normalized spacial score (nSPS) is 15.4. The van der Waals surface area contributed by atoms with Crippen molar-refractivity contribution in [2.75, 3.05) is 25.5 Å². The van der Waals surface area contributed by atoms with E-state index in [0.717, 1.165) is 24.2 Å². The third kappa shape index (κ3) is 4.82. The van der Waals surface area contributed by atoms with Crippen LogP contribution in [0.3, 0.4) is 0 Å². The van der Waals surface area contributed by atoms with E-state index in [4.69, 9.17) is 4.74 Å². The first-order chi connectivity index (χ1) is 15.4. The summed E-state index contributed by atoms with van der Waals surface area (Å²) >= 11 is 1.23. The molecule has 1 fully saturated rings. The average molecular weight is 473 g/mol. The van der Waals surface area contributed by atoms with Crippen LogP contribution in [0.2, 0.25) is 0 Å². The van der Waals surface area contributed by atoms with Gasteiger partial charge < -0.3 is 4.74 Å². The maximum atomic E-state index is 13.0. The molecule has 0 spiro atoms. The lowest BCUT2D eigenvalue weighted by atomic mass is 10.0. The number of anilines is 1. The van der Waals surface area contributed by atoms with Crippen LogP contribution in [0.5, 0.6) is 5.75 Å². The quantitative estimate of drug-likeness (QED) is 0.584. The van der Waals surface area contributed by atoms with E-state index in [2.05, 4.69) is 22.4 Å². The summed E-state index contributed by atoms with van der Waals surface area (Å²) in [4.78, 5) is 12.9. The van der Waals surface area contributed by atoms with Crippen LogP contribution in [0.1, 0.15) is 30.1 Å². The number of ether oxygens (including phenoxy) is 1. The number of nitrogens with one attached hydrogen (secondary N) is 1. The monoisotopic (exact) mass is 472 g/mol. The molecular weight excluding hydrogens is 448 g/mol. The molecule has 10 heteroatoms. The third-order valence-corrected chi connectivity index (χ3v) is 8.24. The van der Waals surface area contributed by atoms with E-state index in [1.54, 1.807) is 19.2 Å². The first-order valence-corrected chi connectivity index (χ1v) is 12.5. The lowest BCUT2D eigenvalue weighted by molar-refractivity contribution is 0.102. The largest absolute Gasteiger partial charge is 0.497 e. The number of hydrogen-bond donors (Lipinski definition) is 1. The van der Waals surface area contributed by atoms with Gasteiger partial charge in [-0.2, -0.15) is 4.31 Å². The second-order valence-corrected chi connectivity index (χ2v) is 10.6. The zero-order valence-corrected chi connectivity index (χ0v) is 19.4. The molecule has 1 aromatic heterocycles. The van der Waals surface area contributed by atoms with E-state index in [-0.39, 0.29) is 10.5 Å². The number of aromatic nitrogens is 2. The second kappa shape index (κ2) is 9.35. The molecule has 4 rings (SSSR count). The first-order valence-electron chi connectivity index (χ1n) is 10.3. The highest BCUT2D eigenvalue weighted by atomic mass is 32.2. The number of rotatable bonds is 6. The predicted octanol–water partition coefficient (Wildman–Crippen LogP) is 3.89. The van der Waals surface area contributed by atoms with Gasteiger partial charge in [-0.05, 0) is 61.2 Å². The van der Waals surface area contributed by atoms with Crippen molar-refractivity contribution in [2.45, 2.75) is 24.7 Å². The SMILES string of the molecule is COc1ccc(-c2nnc(NC(=O)c3cccc(S(=O)(=O)N4CCC(C)CC4)c3)s2)cc1. The number of carbonyl (C=O) groups is 1. The predicted molar refractivity (Wildman–Crippen MR) is 123 cm³/mol. The van der Waals surface area contributed by atoms with Crippen molar-refractivity contribution in [3.05, 3.63) is 54.1 Å². The maximum absolute atomic E-state index is 13.0. The van der Waals surface area contributed by atoms with Gasteiger partial charge in [-0.25, -0.2) is 8.42 Å². The summed E-state index contributed by atoms with van der Waals surface area (Å²) in [6, 6.07) is 13.5. The van der Waals surface area contributed by atoms with Crippen molar-refractivity contribution in [3.63, 3.8) is 0 Å². The third-order valence-electron chi connectivity index (χ3n) is 5.46. The van der Waals surface area contributed by atoms with E-state index in [0.29, 0.717) is 29.1 Å². The summed E-state index contributed by atoms with van der Waals surface area (Å²) in [7, 11) is -2.04. The molecule has 1 aliphatic rings. The molecular formula is C22H24N4O4S2. The molecule has 0 unspecified atom stereocenters. The lowest BCUT2D eigenvalue weighted by Crippen LogP contribution is -2.37. The molecule has 1 amide bonds. The van der Waals surface area contributed by atoms with Crippen molar-refractivity contribution >= 4 is 32.4 Å². The van der Waals surface area contributed by atoms with Gasteiger partial charge in [0, 0.05) is 24.2 Å². The molecule has 1 saturated heterocycles. The minimum absolute atomic E-state index is 0.121. The van der Waals surface area contributed by atoms with Gasteiger partial charge in [0.05, 0.1) is 12.0 Å². The number of piperidine rings is 1. The van der Waals surface area contributed by atoms with E-state index in [1.807, 2.05) is 24.3 Å². The van der Waals surface area contributed by atoms with Crippen LogP contribution in [-0.2, 0) is 10.0 Å². The molecule has 2 heterocycles. The molecule has 0 saturated carbocycles. The van der Waals surface area contributed by atoms with Crippen LogP contribution in [0.4, 0.5) is 5.13 Å². The van der Waals surface area contributed by atoms with Gasteiger partial charge in [0.2, 0.25) is 15.2 Å². The maximum Gasteiger partial charge on any atom is 0.257 e. The van der Waals surface area contributed by atoms with Gasteiger partial charge >= 0.3 is 0 Å². The van der Waals surface area contributed by atoms with Crippen molar-refractivity contribution in [1.29, 1.82) is 0 Å². The zero-order valence-electron chi connectivity index (χ0n) is 17.8. The Kier molecular flexibility index (Phi) is 6.54. The number of carbonyl (C=O) groups excluding carboxylic acids is 1. The Balaban J connectivity index is 1.48. The Hall–Kier alpha value is -2.82. The van der Waals surface area contributed by atoms with Crippen LogP contribution in [0.25, 0.3) is 10.6 Å². The Morgan fingerprint density at radius 1 is 1.12 bits per heavy atom. The minimum Gasteiger partial charge on any atom is -0.497 e. The highest BCUT2D eigenvalue weighted by Gasteiger charge is 2.28. The Morgan fingerprint density at radius 3 is 2.53 bits per heavy atom. The number of nitrogens with zero attached hydrogens (tertiary/aromatic N) is 3. The van der Waals surface area contributed by atoms with Crippen molar-refractivity contribution < 1.29 is 17.9 Å². The topological polar surface area (TPSA) is 101 Å². The van der Waals surface area contributed by atoms with Gasteiger partial charge in [-0.1, -0.05) is 24.3 Å². The van der Waals surface area contributed by atoms with E-state index in [1.165, 1.54) is 27.8 Å². The van der Waals surface area contributed by atoms with Crippen LogP contribution < -0.4 is 10.1 Å². The smallest absolute Gasteiger partial charge is 0.257 e. The fraction of sp³-hybridized carbons (Fsp3) is 0.318. The average Bonchev–Trinajstić information content (AvgIpc) is 3.28. The molecule has 0 atom stereocenters. The number of hydrogen-bond acceptors (Lipinski definition) is 7. The fourth-order valence-electron chi connectivity index (χ4n) is 3.47. The number of amides is 1. The van der Waals surface area contributed by atoms with Crippen molar-refractivity contribution in [2.24, 2.45) is 5.92 Å². The summed E-state index contributed by atoms with van der Waals surface area (Å²) < 4.78 is 32.6. The van der Waals surface area contributed by atoms with Gasteiger partial charge in [-0.3, -0.25) is 10.1 Å². The standard InChI is InChI=1S/C22H24N4O4S2/c1-15-10-12-26(13-11-15)32(28,29)19-5-3-4-17(14-19)20(27)23-22-25-24-21(31-22)16-6-8-18(30-2)9-7-16/h3-9,14-15H,10-13H2,1-2H3,(H,23,25,27). The Morgan fingerprint density at radius 2 is 1.84 bits per heavy atom. The molecule has 168 valence electrons. The van der Waals surface area contributed by atoms with Gasteiger partial charge in [0.1, 0.15) is 10.8 Å². The Bertz CT molecular complexity index is 1200. The molecule has 2 aromatic carbocycles. The zero-order chi connectivity index (χ0) is 22.7. The number of benzene rings is 2. The van der Waals surface area contributed by atoms with Crippen LogP contribution in [0, 0.1) is 5.92 Å². The lowest BCUT2D eigenvalue weighted by Gasteiger charge is -2.29. The summed E-state index contributed by atoms with van der Waals surface area (Å²) in [6.45, 7) is 3.13. The molecule has 0 aliphatic carbocycles. The highest BCUT2D eigenvalue weighted by molar-refractivity contribution is 7.89. The molecule has 3 aromatic rings. The fourth-order valence-corrected chi connectivity index (χ4v) is 5.73. The van der Waals surface area contributed by atoms with Gasteiger partial charge in [0.15, 0.2) is 0 Å². The summed E-state index contributed by atoms with van der Waals surface area (Å²) in [5.74, 6) is 0.820. The highest BCUT2D eigenvalue weighted by Crippen LogP contribution is 2.28. The van der Waals surface area contributed by atoms with E-state index < -0.39 is 15.9 Å². The van der Waals surface area contributed by atoms with Crippen LogP contribution in [-0.4, -0.2) is 49.0 Å². The first kappa shape index (κ1) is 22.4. The molecule has 8 nitrogen and oxygen atoms in total. The van der Waals surface area contributed by atoms with Crippen molar-refractivity contribution in [3.8, 4) is 16.3 Å². The summed E-state index contributed by atoms with van der Waals surface area (Å²) in [6.07, 6.45) is 1.68. The van der Waals surface area contributed by atoms with Crippen molar-refractivity contribution in [1.82, 2.24) is 14.5 Å². The van der Waals surface area contributed by atoms with E-state index in [9.17, 15) is 13.2 Å². The van der Waals surface area contributed by atoms with E-state index >= 15 is 0 Å². The summed E-state index contributed by atoms with van der Waals surface area (Å²) in [5, 5.41) is 11.8. The number of sulfonamides is 1. The van der Waals surface area contributed by atoms with Crippen LogP contribution >= 0.6 is 11.3 Å². The van der Waals surface area contributed by atoms with Gasteiger partial charge in [-0.15, -0.1) is 10.2 Å². The second-order valence-electron chi connectivity index (χ2n) is 7.71. The van der Waals surface area contributed by atoms with Crippen LogP contribution in [0.15, 0.2) is 53.4 Å². The molecule has 0 radical (unpaired) electrons. The molecule has 1 aliphatic heterocycles. The molecule has 0 bridgehead atoms. The molecule has 32 heavy (non-hydrogen) atoms. The Labute approximate surface area is 191 Å². The molecule has 1 N–H and O–H groups in total. The summed E-state index contributed by atoms with van der Waals surface area (Å²) in [5.41, 5.74) is 1.10. The number of methoxy groups -OCH3 is 1. The minimum atomic E-state index is -3.63. The van der Waals surface area contributed by atoms with Gasteiger partial charge in [0.25, 0.3) is 5.91 Å².